The quantitative estimate of drug-likeness (QED) is 0.632. The van der Waals surface area contributed by atoms with Gasteiger partial charge in [-0.1, -0.05) is 0 Å². The third-order valence-corrected chi connectivity index (χ3v) is 1.96. The Hall–Kier alpha value is -0.780. The molecule has 0 N–H and O–H groups in total. The number of hydrogen-bond acceptors (Lipinski definition) is 3. The van der Waals surface area contributed by atoms with Crippen molar-refractivity contribution in [2.45, 2.75) is 6.92 Å². The molecule has 0 aliphatic rings. The molecule has 0 aromatic heterocycles. The molecule has 0 unspecified atom stereocenters. The van der Waals surface area contributed by atoms with E-state index in [4.69, 9.17) is 7.80 Å². The molecule has 1 aromatic carbocycles. The van der Waals surface area contributed by atoms with Gasteiger partial charge in [-0.25, -0.2) is 0 Å². The van der Waals surface area contributed by atoms with Crippen LogP contribution in [-0.4, -0.2) is 12.9 Å². The summed E-state index contributed by atoms with van der Waals surface area (Å²) in [4.78, 5) is 10.5. The molecule has 0 spiro atoms. The average Bonchev–Trinajstić information content (AvgIpc) is 2.18. The zero-order chi connectivity index (χ0) is 9.68. The average molecular weight is 292 g/mol. The predicted octanol–water partition coefficient (Wildman–Crippen LogP) is 2.63. The maximum Gasteiger partial charge on any atom is 0.192 e. The molecule has 0 bridgehead atoms. The van der Waals surface area contributed by atoms with Crippen LogP contribution in [0.25, 0.3) is 0 Å². The second kappa shape index (κ2) is 5.06. The van der Waals surface area contributed by atoms with Gasteiger partial charge in [-0.05, 0) is 25.1 Å². The lowest BCUT2D eigenvalue weighted by atomic mass is 10.2. The number of carbonyl (C=O) groups is 1. The number of halogens is 1. The molecule has 0 amide bonds. The van der Waals surface area contributed by atoms with Crippen molar-refractivity contribution in [1.29, 1.82) is 0 Å². The molecule has 0 aliphatic carbocycles. The van der Waals surface area contributed by atoms with Crippen molar-refractivity contribution in [3.05, 3.63) is 23.8 Å². The largest absolute Gasteiger partial charge is 0.490 e. The van der Waals surface area contributed by atoms with Gasteiger partial charge in [0.1, 0.15) is 6.29 Å². The van der Waals surface area contributed by atoms with Crippen LogP contribution in [-0.2, 0) is 0 Å². The lowest BCUT2D eigenvalue weighted by molar-refractivity contribution is 0.112. The van der Waals surface area contributed by atoms with E-state index in [1.54, 1.807) is 41.2 Å². The number of rotatable bonds is 4. The summed E-state index contributed by atoms with van der Waals surface area (Å²) >= 11 is 1.77. The monoisotopic (exact) mass is 292 g/mol. The molecule has 0 saturated heterocycles. The molecule has 0 radical (unpaired) electrons. The van der Waals surface area contributed by atoms with Crippen LogP contribution in [0.4, 0.5) is 0 Å². The summed E-state index contributed by atoms with van der Waals surface area (Å²) in [6.07, 6.45) is 0.777. The standard InChI is InChI=1S/C9H9IO3/c1-2-12-9-5-7(6-11)3-4-8(9)13-10/h3-6H,2H2,1H3. The Balaban J connectivity index is 3.02. The smallest absolute Gasteiger partial charge is 0.192 e. The number of hydrogen-bond donors (Lipinski definition) is 0. The van der Waals surface area contributed by atoms with Gasteiger partial charge >= 0.3 is 0 Å². The Labute approximate surface area is 90.7 Å². The normalized spacial score (nSPS) is 9.38. The van der Waals surface area contributed by atoms with Crippen molar-refractivity contribution in [2.24, 2.45) is 0 Å². The van der Waals surface area contributed by atoms with Crippen molar-refractivity contribution in [2.75, 3.05) is 6.61 Å². The van der Waals surface area contributed by atoms with Crippen LogP contribution in [0.15, 0.2) is 18.2 Å². The molecule has 0 fully saturated rings. The van der Waals surface area contributed by atoms with E-state index in [0.29, 0.717) is 23.7 Å². The topological polar surface area (TPSA) is 35.5 Å². The van der Waals surface area contributed by atoms with Crippen LogP contribution in [0, 0.1) is 0 Å². The van der Waals surface area contributed by atoms with Crippen molar-refractivity contribution >= 4 is 29.3 Å². The van der Waals surface area contributed by atoms with Gasteiger partial charge in [0, 0.05) is 5.56 Å². The molecule has 4 heteroatoms. The molecule has 3 nitrogen and oxygen atoms in total. The highest BCUT2D eigenvalue weighted by Crippen LogP contribution is 2.29. The van der Waals surface area contributed by atoms with Crippen LogP contribution in [0.3, 0.4) is 0 Å². The maximum absolute atomic E-state index is 10.5. The Morgan fingerprint density at radius 3 is 2.77 bits per heavy atom. The molecular formula is C9H9IO3. The number of aldehydes is 1. The predicted molar refractivity (Wildman–Crippen MR) is 57.6 cm³/mol. The third kappa shape index (κ3) is 2.58. The molecule has 0 atom stereocenters. The SMILES string of the molecule is CCOc1cc(C=O)ccc1OI. The first-order chi connectivity index (χ1) is 6.31. The van der Waals surface area contributed by atoms with Crippen LogP contribution >= 0.6 is 23.0 Å². The molecule has 1 aromatic rings. The third-order valence-electron chi connectivity index (χ3n) is 1.49. The van der Waals surface area contributed by atoms with Crippen LogP contribution in [0.5, 0.6) is 11.5 Å². The van der Waals surface area contributed by atoms with E-state index in [1.165, 1.54) is 0 Å². The summed E-state index contributed by atoms with van der Waals surface area (Å²) in [7, 11) is 0. The van der Waals surface area contributed by atoms with Gasteiger partial charge in [-0.2, -0.15) is 0 Å². The highest BCUT2D eigenvalue weighted by Gasteiger charge is 2.04. The number of carbonyl (C=O) groups excluding carboxylic acids is 1. The highest BCUT2D eigenvalue weighted by atomic mass is 127. The van der Waals surface area contributed by atoms with E-state index in [2.05, 4.69) is 0 Å². The number of ether oxygens (including phenoxy) is 1. The highest BCUT2D eigenvalue weighted by molar-refractivity contribution is 14.1. The zero-order valence-electron chi connectivity index (χ0n) is 7.12. The summed E-state index contributed by atoms with van der Waals surface area (Å²) in [5.74, 6) is 1.23. The Morgan fingerprint density at radius 2 is 2.23 bits per heavy atom. The van der Waals surface area contributed by atoms with E-state index >= 15 is 0 Å². The summed E-state index contributed by atoms with van der Waals surface area (Å²) in [6, 6.07) is 5.05. The maximum atomic E-state index is 10.5. The zero-order valence-corrected chi connectivity index (χ0v) is 9.28. The van der Waals surface area contributed by atoms with Gasteiger partial charge in [0.25, 0.3) is 0 Å². The van der Waals surface area contributed by atoms with Gasteiger partial charge in [0.15, 0.2) is 34.5 Å². The molecule has 1 rings (SSSR count). The van der Waals surface area contributed by atoms with Gasteiger partial charge in [0.05, 0.1) is 6.61 Å². The van der Waals surface area contributed by atoms with E-state index in [1.807, 2.05) is 6.92 Å². The van der Waals surface area contributed by atoms with Crippen molar-refractivity contribution < 1.29 is 12.6 Å². The fraction of sp³-hybridized carbons (Fsp3) is 0.222. The summed E-state index contributed by atoms with van der Waals surface area (Å²) in [5.41, 5.74) is 0.584. The van der Waals surface area contributed by atoms with Crippen LogP contribution in [0.1, 0.15) is 17.3 Å². The molecule has 0 aliphatic heterocycles. The molecule has 13 heavy (non-hydrogen) atoms. The van der Waals surface area contributed by atoms with Crippen molar-refractivity contribution in [3.8, 4) is 11.5 Å². The van der Waals surface area contributed by atoms with E-state index in [0.717, 1.165) is 6.29 Å². The summed E-state index contributed by atoms with van der Waals surface area (Å²) in [6.45, 7) is 2.43. The summed E-state index contributed by atoms with van der Waals surface area (Å²) in [5, 5.41) is 0. The minimum atomic E-state index is 0.551. The Morgan fingerprint density at radius 1 is 1.46 bits per heavy atom. The Bertz CT molecular complexity index is 299. The second-order valence-corrected chi connectivity index (χ2v) is 2.77. The minimum absolute atomic E-state index is 0.551. The second-order valence-electron chi connectivity index (χ2n) is 2.33. The minimum Gasteiger partial charge on any atom is -0.490 e. The fourth-order valence-corrected chi connectivity index (χ4v) is 1.29. The van der Waals surface area contributed by atoms with Crippen molar-refractivity contribution in [1.82, 2.24) is 0 Å². The number of benzene rings is 1. The van der Waals surface area contributed by atoms with E-state index in [9.17, 15) is 4.79 Å². The molecule has 0 heterocycles. The van der Waals surface area contributed by atoms with Crippen molar-refractivity contribution in [3.63, 3.8) is 0 Å². The van der Waals surface area contributed by atoms with Gasteiger partial charge in [-0.15, -0.1) is 0 Å². The fourth-order valence-electron chi connectivity index (χ4n) is 0.930. The van der Waals surface area contributed by atoms with Gasteiger partial charge < -0.3 is 7.80 Å². The van der Waals surface area contributed by atoms with Gasteiger partial charge in [0.2, 0.25) is 0 Å². The van der Waals surface area contributed by atoms with E-state index in [-0.39, 0.29) is 0 Å². The van der Waals surface area contributed by atoms with Gasteiger partial charge in [-0.3, -0.25) is 4.79 Å². The first kappa shape index (κ1) is 10.3. The van der Waals surface area contributed by atoms with E-state index < -0.39 is 0 Å². The first-order valence-electron chi connectivity index (χ1n) is 3.82. The lowest BCUT2D eigenvalue weighted by Crippen LogP contribution is -1.94. The molecule has 0 saturated carbocycles. The molecule has 70 valence electrons. The molecular weight excluding hydrogens is 283 g/mol. The first-order valence-corrected chi connectivity index (χ1v) is 4.70. The Kier molecular flexibility index (Phi) is 4.01. The lowest BCUT2D eigenvalue weighted by Gasteiger charge is -2.07. The summed E-state index contributed by atoms with van der Waals surface area (Å²) < 4.78 is 10.3. The van der Waals surface area contributed by atoms with Crippen LogP contribution in [0.2, 0.25) is 0 Å². The van der Waals surface area contributed by atoms with Crippen LogP contribution < -0.4 is 7.80 Å².